The molecule has 0 bridgehead atoms. The summed E-state index contributed by atoms with van der Waals surface area (Å²) in [5.74, 6) is -0.702. The van der Waals surface area contributed by atoms with E-state index in [-0.39, 0.29) is 12.1 Å². The zero-order valence-corrected chi connectivity index (χ0v) is 11.5. The van der Waals surface area contributed by atoms with Crippen molar-refractivity contribution in [3.8, 4) is 11.5 Å². The number of amides is 1. The second-order valence-electron chi connectivity index (χ2n) is 3.84. The molecule has 0 aliphatic heterocycles. The first-order chi connectivity index (χ1) is 9.53. The van der Waals surface area contributed by atoms with Gasteiger partial charge in [-0.25, -0.2) is 4.79 Å². The molecule has 7 nitrogen and oxygen atoms in total. The Morgan fingerprint density at radius 1 is 1.25 bits per heavy atom. The highest BCUT2D eigenvalue weighted by atomic mass is 16.5. The number of benzene rings is 1. The van der Waals surface area contributed by atoms with Gasteiger partial charge in [-0.2, -0.15) is 0 Å². The van der Waals surface area contributed by atoms with Crippen LogP contribution in [0.5, 0.6) is 11.5 Å². The summed E-state index contributed by atoms with van der Waals surface area (Å²) < 4.78 is 14.9. The summed E-state index contributed by atoms with van der Waals surface area (Å²) in [5, 5.41) is 11.3. The number of carboxylic acids is 1. The molecule has 1 rings (SSSR count). The number of hydrogen-bond acceptors (Lipinski definition) is 5. The van der Waals surface area contributed by atoms with Crippen molar-refractivity contribution in [1.29, 1.82) is 0 Å². The molecule has 0 heterocycles. The Bertz CT molecular complexity index is 488. The zero-order chi connectivity index (χ0) is 15.1. The second-order valence-corrected chi connectivity index (χ2v) is 3.84. The van der Waals surface area contributed by atoms with E-state index in [0.29, 0.717) is 11.5 Å². The average molecular weight is 283 g/mol. The Morgan fingerprint density at radius 2 is 1.95 bits per heavy atom. The number of methoxy groups -OCH3 is 3. The fourth-order valence-corrected chi connectivity index (χ4v) is 1.54. The lowest BCUT2D eigenvalue weighted by Gasteiger charge is -2.13. The van der Waals surface area contributed by atoms with Crippen LogP contribution in [0.15, 0.2) is 18.2 Å². The first-order valence-electron chi connectivity index (χ1n) is 5.79. The third-order valence-electron chi connectivity index (χ3n) is 2.66. The van der Waals surface area contributed by atoms with Gasteiger partial charge in [0.15, 0.2) is 6.10 Å². The van der Waals surface area contributed by atoms with Gasteiger partial charge < -0.3 is 24.6 Å². The van der Waals surface area contributed by atoms with E-state index in [1.54, 1.807) is 12.1 Å². The van der Waals surface area contributed by atoms with Crippen LogP contribution in [0.1, 0.15) is 10.4 Å². The molecule has 110 valence electrons. The summed E-state index contributed by atoms with van der Waals surface area (Å²) in [6.07, 6.45) is -1.09. The first-order valence-corrected chi connectivity index (χ1v) is 5.79. The van der Waals surface area contributed by atoms with Crippen LogP contribution in [0.2, 0.25) is 0 Å². The monoisotopic (exact) mass is 283 g/mol. The van der Waals surface area contributed by atoms with Crippen LogP contribution in [0.25, 0.3) is 0 Å². The van der Waals surface area contributed by atoms with E-state index in [9.17, 15) is 9.59 Å². The van der Waals surface area contributed by atoms with E-state index in [4.69, 9.17) is 19.3 Å². The van der Waals surface area contributed by atoms with Crippen molar-refractivity contribution in [1.82, 2.24) is 5.32 Å². The first kappa shape index (κ1) is 15.8. The molecule has 0 saturated carbocycles. The van der Waals surface area contributed by atoms with Crippen LogP contribution in [0, 0.1) is 0 Å². The smallest absolute Gasteiger partial charge is 0.334 e. The Morgan fingerprint density at radius 3 is 2.45 bits per heavy atom. The molecular formula is C13H17NO6. The minimum absolute atomic E-state index is 0.139. The van der Waals surface area contributed by atoms with E-state index in [2.05, 4.69) is 5.32 Å². The summed E-state index contributed by atoms with van der Waals surface area (Å²) >= 11 is 0. The number of carbonyl (C=O) groups is 2. The van der Waals surface area contributed by atoms with Gasteiger partial charge in [0.25, 0.3) is 5.91 Å². The number of aliphatic carboxylic acids is 1. The molecule has 0 aliphatic carbocycles. The van der Waals surface area contributed by atoms with Crippen molar-refractivity contribution in [3.05, 3.63) is 23.8 Å². The molecule has 0 radical (unpaired) electrons. The molecule has 20 heavy (non-hydrogen) atoms. The fraction of sp³-hybridized carbons (Fsp3) is 0.385. The Kier molecular flexibility index (Phi) is 5.79. The van der Waals surface area contributed by atoms with E-state index in [0.717, 1.165) is 0 Å². The van der Waals surface area contributed by atoms with Gasteiger partial charge in [0, 0.05) is 13.2 Å². The highest BCUT2D eigenvalue weighted by Gasteiger charge is 2.19. The standard InChI is InChI=1S/C13H17NO6/c1-18-8-4-5-9(10(6-8)19-2)12(15)14-7-11(20-3)13(16)17/h4-6,11H,7H2,1-3H3,(H,14,15)(H,16,17). The molecule has 0 aliphatic rings. The van der Waals surface area contributed by atoms with Crippen molar-refractivity contribution in [3.63, 3.8) is 0 Å². The summed E-state index contributed by atoms with van der Waals surface area (Å²) in [6.45, 7) is -0.139. The predicted molar refractivity (Wildman–Crippen MR) is 70.3 cm³/mol. The molecule has 0 fully saturated rings. The molecule has 7 heteroatoms. The molecule has 0 aromatic heterocycles. The van der Waals surface area contributed by atoms with Crippen LogP contribution in [0.4, 0.5) is 0 Å². The molecule has 1 unspecified atom stereocenters. The average Bonchev–Trinajstić information content (AvgIpc) is 2.46. The largest absolute Gasteiger partial charge is 0.497 e. The molecule has 2 N–H and O–H groups in total. The zero-order valence-electron chi connectivity index (χ0n) is 11.5. The van der Waals surface area contributed by atoms with Crippen LogP contribution in [-0.2, 0) is 9.53 Å². The minimum Gasteiger partial charge on any atom is -0.497 e. The van der Waals surface area contributed by atoms with Crippen molar-refractivity contribution in [2.24, 2.45) is 0 Å². The lowest BCUT2D eigenvalue weighted by molar-refractivity contribution is -0.148. The highest BCUT2D eigenvalue weighted by molar-refractivity contribution is 5.97. The minimum atomic E-state index is -1.14. The van der Waals surface area contributed by atoms with E-state index in [1.165, 1.54) is 27.4 Å². The maximum absolute atomic E-state index is 12.0. The highest BCUT2D eigenvalue weighted by Crippen LogP contribution is 2.24. The molecule has 0 spiro atoms. The lowest BCUT2D eigenvalue weighted by atomic mass is 10.1. The maximum Gasteiger partial charge on any atom is 0.334 e. The van der Waals surface area contributed by atoms with E-state index < -0.39 is 18.0 Å². The molecule has 1 amide bonds. The summed E-state index contributed by atoms with van der Waals surface area (Å²) in [7, 11) is 4.20. The van der Waals surface area contributed by atoms with Crippen molar-refractivity contribution in [2.45, 2.75) is 6.10 Å². The van der Waals surface area contributed by atoms with Gasteiger partial charge in [-0.15, -0.1) is 0 Å². The molecular weight excluding hydrogens is 266 g/mol. The number of rotatable bonds is 7. The number of hydrogen-bond donors (Lipinski definition) is 2. The van der Waals surface area contributed by atoms with Gasteiger partial charge in [-0.05, 0) is 12.1 Å². The SMILES string of the molecule is COc1ccc(C(=O)NCC(OC)C(=O)O)c(OC)c1. The Hall–Kier alpha value is -2.28. The van der Waals surface area contributed by atoms with Gasteiger partial charge in [-0.1, -0.05) is 0 Å². The predicted octanol–water partition coefficient (Wildman–Crippen LogP) is 0.533. The number of ether oxygens (including phenoxy) is 3. The maximum atomic E-state index is 12.0. The van der Waals surface area contributed by atoms with Gasteiger partial charge in [0.1, 0.15) is 11.5 Å². The third kappa shape index (κ3) is 3.86. The topological polar surface area (TPSA) is 94.1 Å². The number of nitrogens with one attached hydrogen (secondary N) is 1. The van der Waals surface area contributed by atoms with Crippen molar-refractivity contribution in [2.75, 3.05) is 27.9 Å². The lowest BCUT2D eigenvalue weighted by Crippen LogP contribution is -2.37. The molecule has 1 aromatic rings. The molecule has 0 saturated heterocycles. The number of carboxylic acid groups (broad SMARTS) is 1. The molecule has 1 atom stereocenters. The van der Waals surface area contributed by atoms with Crippen LogP contribution < -0.4 is 14.8 Å². The quantitative estimate of drug-likeness (QED) is 0.758. The summed E-state index contributed by atoms with van der Waals surface area (Å²) in [6, 6.07) is 4.72. The van der Waals surface area contributed by atoms with Crippen LogP contribution >= 0.6 is 0 Å². The van der Waals surface area contributed by atoms with E-state index >= 15 is 0 Å². The number of carbonyl (C=O) groups excluding carboxylic acids is 1. The van der Waals surface area contributed by atoms with E-state index in [1.807, 2.05) is 0 Å². The van der Waals surface area contributed by atoms with Gasteiger partial charge in [0.05, 0.1) is 26.3 Å². The summed E-state index contributed by atoms with van der Waals surface area (Å²) in [5.41, 5.74) is 0.286. The van der Waals surface area contributed by atoms with Crippen LogP contribution in [-0.4, -0.2) is 51.0 Å². The molecule has 1 aromatic carbocycles. The second kappa shape index (κ2) is 7.34. The van der Waals surface area contributed by atoms with Crippen LogP contribution in [0.3, 0.4) is 0 Å². The van der Waals surface area contributed by atoms with Crippen molar-refractivity contribution >= 4 is 11.9 Å². The Balaban J connectivity index is 2.79. The van der Waals surface area contributed by atoms with Crippen molar-refractivity contribution < 1.29 is 28.9 Å². The Labute approximate surface area is 116 Å². The normalized spacial score (nSPS) is 11.6. The fourth-order valence-electron chi connectivity index (χ4n) is 1.54. The van der Waals surface area contributed by atoms with Gasteiger partial charge in [-0.3, -0.25) is 4.79 Å². The summed E-state index contributed by atoms with van der Waals surface area (Å²) in [4.78, 5) is 22.8. The van der Waals surface area contributed by atoms with Gasteiger partial charge in [0.2, 0.25) is 0 Å². The van der Waals surface area contributed by atoms with Gasteiger partial charge >= 0.3 is 5.97 Å². The third-order valence-corrected chi connectivity index (χ3v) is 2.66.